The molecule has 8 aromatic carbocycles. The van der Waals surface area contributed by atoms with Crippen molar-refractivity contribution >= 4 is 82.9 Å². The molecule has 4 heteroatoms. The predicted octanol–water partition coefficient (Wildman–Crippen LogP) is 15.1. The van der Waals surface area contributed by atoms with Crippen LogP contribution in [-0.2, 0) is 5.41 Å². The number of fused-ring (bicyclic) bond motifs is 12. The SMILES string of the molecule is c1ccc2c(c1)oc1cccc(-c3ccc4c(c3)C35CCC(C3)c3c(-c6cccc7oc8ccccc8c67)ccc(c35)N4c3cccc4oc5ccccc5c34)c12. The maximum atomic E-state index is 6.51. The maximum absolute atomic E-state index is 6.51. The summed E-state index contributed by atoms with van der Waals surface area (Å²) >= 11 is 0. The largest absolute Gasteiger partial charge is 0.456 e. The standard InChI is InChI=1S/C53H33NO3/c1-4-16-42-35(10-1)49-32(13-7-19-45(49)55-42)30-22-24-39-38(28-30)53-27-26-31(29-53)48-34(33-14-8-20-46-50(33)36-11-2-5-17-43(36)56-46)23-25-41(52(48)53)54(39)40-15-9-21-47-51(40)37-12-3-6-18-44(37)57-47/h1-25,28,31H,26-27,29H2. The number of nitrogens with zero attached hydrogens (tertiary/aromatic N) is 1. The van der Waals surface area contributed by atoms with E-state index in [1.165, 1.54) is 72.9 Å². The summed E-state index contributed by atoms with van der Waals surface area (Å²) < 4.78 is 19.4. The third kappa shape index (κ3) is 3.78. The Morgan fingerprint density at radius 3 is 1.72 bits per heavy atom. The minimum absolute atomic E-state index is 0.113. The molecule has 1 aliphatic heterocycles. The van der Waals surface area contributed by atoms with E-state index in [0.29, 0.717) is 5.92 Å². The highest BCUT2D eigenvalue weighted by molar-refractivity contribution is 6.16. The Labute approximate surface area is 327 Å². The molecule has 11 aromatic rings. The van der Waals surface area contributed by atoms with Gasteiger partial charge in [-0.1, -0.05) is 97.1 Å². The lowest BCUT2D eigenvalue weighted by atomic mass is 9.68. The minimum Gasteiger partial charge on any atom is -0.456 e. The fraction of sp³-hybridized carbons (Fsp3) is 0.0943. The Hall–Kier alpha value is -7.04. The van der Waals surface area contributed by atoms with Crippen LogP contribution in [0.2, 0.25) is 0 Å². The fourth-order valence-corrected chi connectivity index (χ4v) is 11.5. The van der Waals surface area contributed by atoms with Crippen LogP contribution in [0.15, 0.2) is 171 Å². The smallest absolute Gasteiger partial charge is 0.137 e. The number of hydrogen-bond acceptors (Lipinski definition) is 4. The molecule has 4 heterocycles. The average molecular weight is 732 g/mol. The Morgan fingerprint density at radius 2 is 1.02 bits per heavy atom. The summed E-state index contributed by atoms with van der Waals surface area (Å²) in [5.74, 6) is 0.451. The molecular formula is C53H33NO3. The van der Waals surface area contributed by atoms with Crippen molar-refractivity contribution < 1.29 is 13.3 Å². The highest BCUT2D eigenvalue weighted by Crippen LogP contribution is 2.69. The fourth-order valence-electron chi connectivity index (χ4n) is 11.5. The number of furan rings is 3. The number of hydrogen-bond donors (Lipinski definition) is 0. The second kappa shape index (κ2) is 10.6. The highest BCUT2D eigenvalue weighted by Gasteiger charge is 2.56. The van der Waals surface area contributed by atoms with Gasteiger partial charge in [0.15, 0.2) is 0 Å². The van der Waals surface area contributed by atoms with Crippen molar-refractivity contribution in [3.05, 3.63) is 174 Å². The van der Waals surface area contributed by atoms with Gasteiger partial charge in [-0.2, -0.15) is 0 Å². The van der Waals surface area contributed by atoms with Crippen LogP contribution in [0.25, 0.3) is 88.1 Å². The first-order valence-corrected chi connectivity index (χ1v) is 20.1. The van der Waals surface area contributed by atoms with E-state index < -0.39 is 0 Å². The highest BCUT2D eigenvalue weighted by atomic mass is 16.3. The summed E-state index contributed by atoms with van der Waals surface area (Å²) in [5.41, 5.74) is 18.5. The van der Waals surface area contributed by atoms with Crippen LogP contribution in [0.5, 0.6) is 0 Å². The molecule has 2 unspecified atom stereocenters. The Balaban J connectivity index is 1.08. The summed E-state index contributed by atoms with van der Waals surface area (Å²) in [6, 6.07) is 57.0. The van der Waals surface area contributed by atoms with E-state index in [0.717, 1.165) is 68.2 Å². The molecule has 0 N–H and O–H groups in total. The first-order valence-electron chi connectivity index (χ1n) is 20.1. The third-order valence-electron chi connectivity index (χ3n) is 13.6. The molecule has 0 saturated heterocycles. The van der Waals surface area contributed by atoms with Gasteiger partial charge in [0.2, 0.25) is 0 Å². The van der Waals surface area contributed by atoms with E-state index in [1.807, 2.05) is 0 Å². The molecule has 1 spiro atoms. The van der Waals surface area contributed by atoms with Crippen LogP contribution in [0.3, 0.4) is 0 Å². The second-order valence-electron chi connectivity index (χ2n) is 16.3. The molecule has 0 amide bonds. The van der Waals surface area contributed by atoms with Gasteiger partial charge in [-0.25, -0.2) is 0 Å². The van der Waals surface area contributed by atoms with Crippen LogP contribution < -0.4 is 4.90 Å². The number of rotatable bonds is 3. The molecule has 1 fully saturated rings. The number of para-hydroxylation sites is 3. The molecule has 4 nitrogen and oxygen atoms in total. The molecule has 2 atom stereocenters. The van der Waals surface area contributed by atoms with Crippen molar-refractivity contribution in [3.8, 4) is 22.3 Å². The van der Waals surface area contributed by atoms with Gasteiger partial charge in [0, 0.05) is 32.3 Å². The average Bonchev–Trinajstić information content (AvgIpc) is 4.09. The molecule has 3 aliphatic rings. The quantitative estimate of drug-likeness (QED) is 0.181. The van der Waals surface area contributed by atoms with Crippen molar-refractivity contribution in [2.45, 2.75) is 30.6 Å². The third-order valence-corrected chi connectivity index (χ3v) is 13.6. The van der Waals surface area contributed by atoms with Crippen molar-refractivity contribution in [2.24, 2.45) is 0 Å². The van der Waals surface area contributed by atoms with Gasteiger partial charge in [0.1, 0.15) is 33.5 Å². The van der Waals surface area contributed by atoms with Crippen LogP contribution in [0.1, 0.15) is 41.9 Å². The summed E-state index contributed by atoms with van der Waals surface area (Å²) in [7, 11) is 0. The number of anilines is 3. The monoisotopic (exact) mass is 731 g/mol. The topological polar surface area (TPSA) is 42.7 Å². The normalized spacial score (nSPS) is 18.2. The minimum atomic E-state index is -0.113. The summed E-state index contributed by atoms with van der Waals surface area (Å²) in [6.07, 6.45) is 3.40. The molecular weight excluding hydrogens is 699 g/mol. The second-order valence-corrected chi connectivity index (χ2v) is 16.3. The lowest BCUT2D eigenvalue weighted by molar-refractivity contribution is 0.545. The summed E-state index contributed by atoms with van der Waals surface area (Å²) in [5, 5.41) is 6.97. The van der Waals surface area contributed by atoms with Gasteiger partial charge in [-0.05, 0) is 125 Å². The van der Waals surface area contributed by atoms with Crippen molar-refractivity contribution in [3.63, 3.8) is 0 Å². The lowest BCUT2D eigenvalue weighted by Gasteiger charge is -2.44. The van der Waals surface area contributed by atoms with Gasteiger partial charge < -0.3 is 18.2 Å². The van der Waals surface area contributed by atoms with E-state index >= 15 is 0 Å². The van der Waals surface area contributed by atoms with E-state index in [1.54, 1.807) is 0 Å². The zero-order valence-corrected chi connectivity index (χ0v) is 30.9. The Morgan fingerprint density at radius 1 is 0.456 bits per heavy atom. The first kappa shape index (κ1) is 30.2. The lowest BCUT2D eigenvalue weighted by Crippen LogP contribution is -2.33. The van der Waals surface area contributed by atoms with E-state index in [-0.39, 0.29) is 5.41 Å². The van der Waals surface area contributed by atoms with Crippen LogP contribution in [-0.4, -0.2) is 0 Å². The first-order chi connectivity index (χ1) is 28.2. The summed E-state index contributed by atoms with van der Waals surface area (Å²) in [4.78, 5) is 2.56. The van der Waals surface area contributed by atoms with Gasteiger partial charge >= 0.3 is 0 Å². The molecule has 14 rings (SSSR count). The molecule has 1 saturated carbocycles. The van der Waals surface area contributed by atoms with Crippen LogP contribution in [0.4, 0.5) is 17.1 Å². The van der Waals surface area contributed by atoms with Crippen molar-refractivity contribution in [2.75, 3.05) is 4.90 Å². The molecule has 0 radical (unpaired) electrons. The molecule has 2 aliphatic carbocycles. The molecule has 2 bridgehead atoms. The van der Waals surface area contributed by atoms with Gasteiger partial charge in [0.25, 0.3) is 0 Å². The Bertz CT molecular complexity index is 3540. The van der Waals surface area contributed by atoms with Gasteiger partial charge in [0.05, 0.1) is 22.4 Å². The van der Waals surface area contributed by atoms with E-state index in [4.69, 9.17) is 13.3 Å². The van der Waals surface area contributed by atoms with E-state index in [9.17, 15) is 0 Å². The predicted molar refractivity (Wildman–Crippen MR) is 231 cm³/mol. The molecule has 57 heavy (non-hydrogen) atoms. The molecule has 3 aromatic heterocycles. The van der Waals surface area contributed by atoms with Crippen molar-refractivity contribution in [1.29, 1.82) is 0 Å². The number of benzene rings is 8. The van der Waals surface area contributed by atoms with Crippen LogP contribution >= 0.6 is 0 Å². The van der Waals surface area contributed by atoms with E-state index in [2.05, 4.69) is 163 Å². The summed E-state index contributed by atoms with van der Waals surface area (Å²) in [6.45, 7) is 0. The van der Waals surface area contributed by atoms with Gasteiger partial charge in [-0.3, -0.25) is 0 Å². The maximum Gasteiger partial charge on any atom is 0.137 e. The Kier molecular flexibility index (Phi) is 5.63. The zero-order valence-electron chi connectivity index (χ0n) is 30.9. The van der Waals surface area contributed by atoms with Crippen molar-refractivity contribution in [1.82, 2.24) is 0 Å². The van der Waals surface area contributed by atoms with Crippen LogP contribution in [0, 0.1) is 0 Å². The van der Waals surface area contributed by atoms with Gasteiger partial charge in [-0.15, -0.1) is 0 Å². The zero-order chi connectivity index (χ0) is 37.0. The molecule has 268 valence electrons.